The number of hydrogen-bond donors (Lipinski definition) is 3. The summed E-state index contributed by atoms with van der Waals surface area (Å²) in [6.45, 7) is 4.30. The smallest absolute Gasteiger partial charge is 0.317 e. The first kappa shape index (κ1) is 18.2. The van der Waals surface area contributed by atoms with Crippen molar-refractivity contribution < 1.29 is 9.53 Å². The summed E-state index contributed by atoms with van der Waals surface area (Å²) in [5, 5.41) is 9.27. The largest absolute Gasteiger partial charge is 0.492 e. The molecule has 2 aliphatic rings. The monoisotopic (exact) mass is 379 g/mol. The van der Waals surface area contributed by atoms with Crippen LogP contribution < -0.4 is 20.7 Å². The lowest BCUT2D eigenvalue weighted by Crippen LogP contribution is -2.31. The predicted molar refractivity (Wildman–Crippen MR) is 110 cm³/mol. The van der Waals surface area contributed by atoms with Gasteiger partial charge in [0.2, 0.25) is 0 Å². The number of ether oxygens (including phenoxy) is 1. The second kappa shape index (κ2) is 8.65. The Bertz CT molecular complexity index is 833. The highest BCUT2D eigenvalue weighted by molar-refractivity contribution is 5.94. The first-order chi connectivity index (χ1) is 13.8. The lowest BCUT2D eigenvalue weighted by Gasteiger charge is -2.14. The zero-order valence-corrected chi connectivity index (χ0v) is 15.8. The summed E-state index contributed by atoms with van der Waals surface area (Å²) in [5.74, 6) is 1.67. The molecular formula is C21H25N5O2. The van der Waals surface area contributed by atoms with Crippen LogP contribution in [0, 0.1) is 0 Å². The molecule has 1 saturated heterocycles. The Hall–Kier alpha value is -3.22. The Morgan fingerprint density at radius 1 is 1.00 bits per heavy atom. The number of carbonyl (C=O) groups excluding carboxylic acids is 1. The molecule has 7 nitrogen and oxygen atoms in total. The number of nitrogens with zero attached hydrogens (tertiary/aromatic N) is 2. The fourth-order valence-corrected chi connectivity index (χ4v) is 3.26. The fraction of sp³-hybridized carbons (Fsp3) is 0.333. The molecule has 2 aromatic rings. The molecule has 2 aliphatic heterocycles. The van der Waals surface area contributed by atoms with Gasteiger partial charge in [-0.15, -0.1) is 0 Å². The minimum Gasteiger partial charge on any atom is -0.492 e. The number of guanidine groups is 1. The Labute approximate surface area is 164 Å². The number of nitrogens with one attached hydrogen (secondary N) is 3. The Balaban J connectivity index is 1.25. The summed E-state index contributed by atoms with van der Waals surface area (Å²) < 4.78 is 5.75. The van der Waals surface area contributed by atoms with E-state index in [9.17, 15) is 4.79 Å². The number of aliphatic imine (C=N–C) groups is 1. The number of urea groups is 1. The third kappa shape index (κ3) is 4.73. The van der Waals surface area contributed by atoms with E-state index in [1.807, 2.05) is 12.1 Å². The molecule has 1 fully saturated rings. The van der Waals surface area contributed by atoms with Crippen LogP contribution in [-0.4, -0.2) is 56.2 Å². The maximum atomic E-state index is 11.5. The van der Waals surface area contributed by atoms with Crippen molar-refractivity contribution in [2.75, 3.05) is 44.6 Å². The minimum atomic E-state index is -0.00680. The van der Waals surface area contributed by atoms with Gasteiger partial charge in [0, 0.05) is 25.3 Å². The van der Waals surface area contributed by atoms with Crippen LogP contribution in [0.15, 0.2) is 53.5 Å². The first-order valence-corrected chi connectivity index (χ1v) is 9.65. The molecule has 2 aromatic carbocycles. The summed E-state index contributed by atoms with van der Waals surface area (Å²) in [6, 6.07) is 16.5. The van der Waals surface area contributed by atoms with Gasteiger partial charge in [0.15, 0.2) is 5.96 Å². The number of carbonyl (C=O) groups is 1. The lowest BCUT2D eigenvalue weighted by atomic mass is 10.0. The van der Waals surface area contributed by atoms with Crippen molar-refractivity contribution in [1.82, 2.24) is 15.5 Å². The molecular weight excluding hydrogens is 354 g/mol. The van der Waals surface area contributed by atoms with Gasteiger partial charge in [0.25, 0.3) is 0 Å². The minimum absolute atomic E-state index is 0.00680. The average molecular weight is 379 g/mol. The first-order valence-electron chi connectivity index (χ1n) is 9.65. The summed E-state index contributed by atoms with van der Waals surface area (Å²) >= 11 is 0. The van der Waals surface area contributed by atoms with Crippen LogP contribution in [0.4, 0.5) is 10.5 Å². The van der Waals surface area contributed by atoms with Crippen molar-refractivity contribution in [1.29, 1.82) is 0 Å². The SMILES string of the molecule is O=C1NCCN1CCOc1ccc(Cc2ccc(NC3=NCCN3)cc2)cc1. The molecule has 146 valence electrons. The molecule has 2 heterocycles. The van der Waals surface area contributed by atoms with Gasteiger partial charge in [-0.1, -0.05) is 24.3 Å². The third-order valence-electron chi connectivity index (χ3n) is 4.80. The second-order valence-corrected chi connectivity index (χ2v) is 6.87. The van der Waals surface area contributed by atoms with E-state index in [1.54, 1.807) is 4.90 Å². The molecule has 3 N–H and O–H groups in total. The van der Waals surface area contributed by atoms with Crippen molar-refractivity contribution in [2.24, 2.45) is 4.99 Å². The number of rotatable bonds is 7. The molecule has 0 radical (unpaired) electrons. The average Bonchev–Trinajstić information content (AvgIpc) is 3.37. The van der Waals surface area contributed by atoms with E-state index in [2.05, 4.69) is 57.3 Å². The second-order valence-electron chi connectivity index (χ2n) is 6.87. The molecule has 0 saturated carbocycles. The normalized spacial score (nSPS) is 15.8. The van der Waals surface area contributed by atoms with Crippen LogP contribution >= 0.6 is 0 Å². The summed E-state index contributed by atoms with van der Waals surface area (Å²) in [7, 11) is 0. The Morgan fingerprint density at radius 3 is 2.39 bits per heavy atom. The van der Waals surface area contributed by atoms with Crippen LogP contribution in [0.2, 0.25) is 0 Å². The number of anilines is 1. The van der Waals surface area contributed by atoms with Crippen LogP contribution in [-0.2, 0) is 6.42 Å². The number of hydrogen-bond acceptors (Lipinski definition) is 5. The van der Waals surface area contributed by atoms with Crippen molar-refractivity contribution in [3.63, 3.8) is 0 Å². The Kier molecular flexibility index (Phi) is 5.61. The zero-order valence-electron chi connectivity index (χ0n) is 15.8. The fourth-order valence-electron chi connectivity index (χ4n) is 3.26. The molecule has 28 heavy (non-hydrogen) atoms. The van der Waals surface area contributed by atoms with E-state index < -0.39 is 0 Å². The molecule has 2 amide bonds. The van der Waals surface area contributed by atoms with Crippen LogP contribution in [0.1, 0.15) is 11.1 Å². The molecule has 0 bridgehead atoms. The number of benzene rings is 2. The van der Waals surface area contributed by atoms with Gasteiger partial charge in [-0.05, 0) is 41.8 Å². The van der Waals surface area contributed by atoms with Gasteiger partial charge in [-0.25, -0.2) is 4.79 Å². The van der Waals surface area contributed by atoms with Gasteiger partial charge in [0.1, 0.15) is 12.4 Å². The summed E-state index contributed by atoms with van der Waals surface area (Å²) in [4.78, 5) is 17.6. The van der Waals surface area contributed by atoms with E-state index in [-0.39, 0.29) is 6.03 Å². The van der Waals surface area contributed by atoms with Gasteiger partial charge >= 0.3 is 6.03 Å². The Morgan fingerprint density at radius 2 is 1.75 bits per heavy atom. The maximum absolute atomic E-state index is 11.5. The van der Waals surface area contributed by atoms with Crippen molar-refractivity contribution in [2.45, 2.75) is 6.42 Å². The predicted octanol–water partition coefficient (Wildman–Crippen LogP) is 2.05. The number of amides is 2. The quantitative estimate of drug-likeness (QED) is 0.688. The lowest BCUT2D eigenvalue weighted by molar-refractivity contribution is 0.202. The van der Waals surface area contributed by atoms with E-state index in [1.165, 1.54) is 11.1 Å². The van der Waals surface area contributed by atoms with Crippen LogP contribution in [0.25, 0.3) is 0 Å². The van der Waals surface area contributed by atoms with Crippen molar-refractivity contribution >= 4 is 17.7 Å². The van der Waals surface area contributed by atoms with Crippen LogP contribution in [0.3, 0.4) is 0 Å². The molecule has 0 aromatic heterocycles. The summed E-state index contributed by atoms with van der Waals surface area (Å²) in [5.41, 5.74) is 3.52. The standard InChI is InChI=1S/C21H25N5O2/c27-21-24-11-12-26(21)13-14-28-19-7-3-17(4-8-19)15-16-1-5-18(6-2-16)25-20-22-9-10-23-20/h1-8H,9-15H2,(H,24,27)(H2,22,23,25). The van der Waals surface area contributed by atoms with E-state index in [4.69, 9.17) is 4.74 Å². The maximum Gasteiger partial charge on any atom is 0.317 e. The molecule has 0 atom stereocenters. The highest BCUT2D eigenvalue weighted by Gasteiger charge is 2.18. The molecule has 4 rings (SSSR count). The molecule has 0 unspecified atom stereocenters. The van der Waals surface area contributed by atoms with Crippen LogP contribution in [0.5, 0.6) is 5.75 Å². The van der Waals surface area contributed by atoms with Gasteiger partial charge in [0.05, 0.1) is 13.1 Å². The molecule has 0 spiro atoms. The van der Waals surface area contributed by atoms with Gasteiger partial charge < -0.3 is 25.6 Å². The van der Waals surface area contributed by atoms with E-state index in [0.29, 0.717) is 13.2 Å². The van der Waals surface area contributed by atoms with Crippen molar-refractivity contribution in [3.05, 3.63) is 59.7 Å². The van der Waals surface area contributed by atoms with Gasteiger partial charge in [-0.2, -0.15) is 0 Å². The van der Waals surface area contributed by atoms with E-state index >= 15 is 0 Å². The van der Waals surface area contributed by atoms with Gasteiger partial charge in [-0.3, -0.25) is 4.99 Å². The molecule has 0 aliphatic carbocycles. The zero-order chi connectivity index (χ0) is 19.2. The highest BCUT2D eigenvalue weighted by Crippen LogP contribution is 2.17. The highest BCUT2D eigenvalue weighted by atomic mass is 16.5. The topological polar surface area (TPSA) is 78.0 Å². The summed E-state index contributed by atoms with van der Waals surface area (Å²) in [6.07, 6.45) is 0.869. The molecule has 7 heteroatoms. The van der Waals surface area contributed by atoms with Crippen molar-refractivity contribution in [3.8, 4) is 5.75 Å². The van der Waals surface area contributed by atoms with E-state index in [0.717, 1.165) is 50.0 Å². The third-order valence-corrected chi connectivity index (χ3v) is 4.80.